The maximum atomic E-state index is 12.9. The van der Waals surface area contributed by atoms with E-state index in [0.29, 0.717) is 12.2 Å². The number of hydrogen-bond acceptors (Lipinski definition) is 3. The Kier molecular flexibility index (Phi) is 4.37. The summed E-state index contributed by atoms with van der Waals surface area (Å²) in [5.74, 6) is 0.699. The molecule has 5 nitrogen and oxygen atoms in total. The first-order valence-electron chi connectivity index (χ1n) is 8.27. The number of aliphatic hydroxyl groups is 1. The van der Waals surface area contributed by atoms with Crippen molar-refractivity contribution in [3.05, 3.63) is 53.3 Å². The maximum absolute atomic E-state index is 12.9. The molecule has 0 spiro atoms. The molecule has 2 heterocycles. The number of ether oxygens (including phenoxy) is 1. The summed E-state index contributed by atoms with van der Waals surface area (Å²) in [6.07, 6.45) is 3.45. The standard InChI is InChI=1S/C19H24N2O3/c1-13-10-11-20-17(13)18(22)21-12-4-5-16(21)19(2,23)14-6-8-15(24-3)9-7-14/h6-11,16,20,23H,4-5,12H2,1-3H3. The fourth-order valence-corrected chi connectivity index (χ4v) is 3.54. The summed E-state index contributed by atoms with van der Waals surface area (Å²) in [7, 11) is 1.61. The van der Waals surface area contributed by atoms with Gasteiger partial charge in [-0.2, -0.15) is 0 Å². The van der Waals surface area contributed by atoms with Crippen LogP contribution in [0.25, 0.3) is 0 Å². The van der Waals surface area contributed by atoms with Gasteiger partial charge >= 0.3 is 0 Å². The number of carbonyl (C=O) groups is 1. The quantitative estimate of drug-likeness (QED) is 0.907. The lowest BCUT2D eigenvalue weighted by atomic mass is 9.86. The molecule has 1 aliphatic rings. The van der Waals surface area contributed by atoms with Gasteiger partial charge in [-0.05, 0) is 56.0 Å². The van der Waals surface area contributed by atoms with Crippen LogP contribution in [-0.2, 0) is 5.60 Å². The van der Waals surface area contributed by atoms with Crippen molar-refractivity contribution < 1.29 is 14.6 Å². The molecule has 128 valence electrons. The van der Waals surface area contributed by atoms with Crippen LogP contribution in [0.4, 0.5) is 0 Å². The third-order valence-electron chi connectivity index (χ3n) is 5.01. The Labute approximate surface area is 142 Å². The van der Waals surface area contributed by atoms with E-state index < -0.39 is 5.60 Å². The number of rotatable bonds is 4. The Hall–Kier alpha value is -2.27. The molecule has 1 aliphatic heterocycles. The molecule has 1 amide bonds. The number of hydrogen-bond donors (Lipinski definition) is 2. The van der Waals surface area contributed by atoms with Crippen LogP contribution in [0.3, 0.4) is 0 Å². The van der Waals surface area contributed by atoms with E-state index in [-0.39, 0.29) is 11.9 Å². The van der Waals surface area contributed by atoms with Crippen LogP contribution in [-0.4, -0.2) is 40.6 Å². The van der Waals surface area contributed by atoms with Crippen LogP contribution in [0.2, 0.25) is 0 Å². The first kappa shape index (κ1) is 16.6. The molecule has 0 aliphatic carbocycles. The summed E-state index contributed by atoms with van der Waals surface area (Å²) in [6, 6.07) is 9.03. The zero-order valence-electron chi connectivity index (χ0n) is 14.4. The Bertz CT molecular complexity index is 718. The van der Waals surface area contributed by atoms with Crippen LogP contribution in [0.1, 0.15) is 41.4 Å². The van der Waals surface area contributed by atoms with E-state index in [2.05, 4.69) is 4.98 Å². The molecule has 1 fully saturated rings. The first-order valence-corrected chi connectivity index (χ1v) is 8.27. The number of nitrogens with zero attached hydrogens (tertiary/aromatic N) is 1. The molecule has 2 atom stereocenters. The normalized spacial score (nSPS) is 20.0. The highest BCUT2D eigenvalue weighted by molar-refractivity contribution is 5.94. The van der Waals surface area contributed by atoms with Crippen molar-refractivity contribution >= 4 is 5.91 Å². The average molecular weight is 328 g/mol. The predicted molar refractivity (Wildman–Crippen MR) is 92.2 cm³/mol. The number of carbonyl (C=O) groups excluding carboxylic acids is 1. The lowest BCUT2D eigenvalue weighted by molar-refractivity contribution is -0.0179. The second kappa shape index (κ2) is 6.32. The van der Waals surface area contributed by atoms with Gasteiger partial charge in [-0.15, -0.1) is 0 Å². The van der Waals surface area contributed by atoms with E-state index in [1.807, 2.05) is 37.3 Å². The minimum absolute atomic E-state index is 0.0474. The third-order valence-corrected chi connectivity index (χ3v) is 5.01. The van der Waals surface area contributed by atoms with E-state index in [1.165, 1.54) is 0 Å². The van der Waals surface area contributed by atoms with E-state index in [9.17, 15) is 9.90 Å². The fraction of sp³-hybridized carbons (Fsp3) is 0.421. The Morgan fingerprint density at radius 2 is 2.04 bits per heavy atom. The molecule has 2 aromatic rings. The van der Waals surface area contributed by atoms with Gasteiger partial charge in [0.1, 0.15) is 17.0 Å². The number of methoxy groups -OCH3 is 1. The molecule has 1 aromatic heterocycles. The monoisotopic (exact) mass is 328 g/mol. The predicted octanol–water partition coefficient (Wildman–Crippen LogP) is 2.84. The number of aromatic amines is 1. The molecule has 0 radical (unpaired) electrons. The smallest absolute Gasteiger partial charge is 0.270 e. The van der Waals surface area contributed by atoms with Crippen molar-refractivity contribution in [1.29, 1.82) is 0 Å². The van der Waals surface area contributed by atoms with Crippen LogP contribution >= 0.6 is 0 Å². The number of aromatic nitrogens is 1. The molecule has 0 bridgehead atoms. The van der Waals surface area contributed by atoms with Crippen molar-refractivity contribution in [2.45, 2.75) is 38.3 Å². The summed E-state index contributed by atoms with van der Waals surface area (Å²) in [5.41, 5.74) is 1.21. The van der Waals surface area contributed by atoms with Crippen molar-refractivity contribution in [2.75, 3.05) is 13.7 Å². The lowest BCUT2D eigenvalue weighted by Crippen LogP contribution is -2.48. The summed E-state index contributed by atoms with van der Waals surface area (Å²) in [5, 5.41) is 11.2. The third kappa shape index (κ3) is 2.80. The molecule has 5 heteroatoms. The van der Waals surface area contributed by atoms with Gasteiger partial charge in [-0.3, -0.25) is 4.79 Å². The van der Waals surface area contributed by atoms with Gasteiger partial charge in [0.25, 0.3) is 5.91 Å². The van der Waals surface area contributed by atoms with Gasteiger partial charge < -0.3 is 19.7 Å². The minimum atomic E-state index is -1.11. The van der Waals surface area contributed by atoms with Crippen molar-refractivity contribution in [2.24, 2.45) is 0 Å². The van der Waals surface area contributed by atoms with Gasteiger partial charge in [0.05, 0.1) is 13.2 Å². The average Bonchev–Trinajstić information content (AvgIpc) is 3.23. The second-order valence-corrected chi connectivity index (χ2v) is 6.57. The number of benzene rings is 1. The van der Waals surface area contributed by atoms with E-state index in [4.69, 9.17) is 4.74 Å². The highest BCUT2D eigenvalue weighted by atomic mass is 16.5. The molecular weight excluding hydrogens is 304 g/mol. The summed E-state index contributed by atoms with van der Waals surface area (Å²) >= 11 is 0. The summed E-state index contributed by atoms with van der Waals surface area (Å²) < 4.78 is 5.18. The number of likely N-dealkylation sites (tertiary alicyclic amines) is 1. The number of amides is 1. The summed E-state index contributed by atoms with van der Waals surface area (Å²) in [4.78, 5) is 17.7. The Morgan fingerprint density at radius 3 is 2.62 bits per heavy atom. The van der Waals surface area contributed by atoms with Crippen molar-refractivity contribution in [3.8, 4) is 5.75 Å². The SMILES string of the molecule is COc1ccc(C(C)(O)C2CCCN2C(=O)c2[nH]ccc2C)cc1. The Balaban J connectivity index is 1.88. The first-order chi connectivity index (χ1) is 11.4. The van der Waals surface area contributed by atoms with E-state index in [0.717, 1.165) is 29.7 Å². The van der Waals surface area contributed by atoms with E-state index in [1.54, 1.807) is 25.1 Å². The zero-order chi connectivity index (χ0) is 17.3. The molecule has 1 saturated heterocycles. The number of nitrogens with one attached hydrogen (secondary N) is 1. The van der Waals surface area contributed by atoms with Gasteiger partial charge in [0.15, 0.2) is 0 Å². The number of H-pyrrole nitrogens is 1. The molecule has 2 unspecified atom stereocenters. The highest BCUT2D eigenvalue weighted by Crippen LogP contribution is 2.36. The van der Waals surface area contributed by atoms with Gasteiger partial charge in [0.2, 0.25) is 0 Å². The molecule has 3 rings (SSSR count). The molecular formula is C19H24N2O3. The van der Waals surface area contributed by atoms with Gasteiger partial charge in [-0.25, -0.2) is 0 Å². The lowest BCUT2D eigenvalue weighted by Gasteiger charge is -2.37. The number of aryl methyl sites for hydroxylation is 1. The summed E-state index contributed by atoms with van der Waals surface area (Å²) in [6.45, 7) is 4.36. The Morgan fingerprint density at radius 1 is 1.33 bits per heavy atom. The zero-order valence-corrected chi connectivity index (χ0v) is 14.4. The molecule has 1 aromatic carbocycles. The van der Waals surface area contributed by atoms with Crippen LogP contribution in [0.5, 0.6) is 5.75 Å². The minimum Gasteiger partial charge on any atom is -0.497 e. The van der Waals surface area contributed by atoms with Crippen LogP contribution < -0.4 is 4.74 Å². The fourth-order valence-electron chi connectivity index (χ4n) is 3.54. The van der Waals surface area contributed by atoms with Gasteiger partial charge in [-0.1, -0.05) is 12.1 Å². The van der Waals surface area contributed by atoms with Crippen molar-refractivity contribution in [3.63, 3.8) is 0 Å². The van der Waals surface area contributed by atoms with Crippen LogP contribution in [0, 0.1) is 6.92 Å². The molecule has 24 heavy (non-hydrogen) atoms. The highest BCUT2D eigenvalue weighted by Gasteiger charge is 2.43. The largest absolute Gasteiger partial charge is 0.497 e. The molecule has 2 N–H and O–H groups in total. The van der Waals surface area contributed by atoms with E-state index >= 15 is 0 Å². The molecule has 0 saturated carbocycles. The second-order valence-electron chi connectivity index (χ2n) is 6.57. The van der Waals surface area contributed by atoms with Crippen LogP contribution in [0.15, 0.2) is 36.5 Å². The maximum Gasteiger partial charge on any atom is 0.270 e. The topological polar surface area (TPSA) is 65.6 Å². The van der Waals surface area contributed by atoms with Gasteiger partial charge in [0, 0.05) is 12.7 Å². The van der Waals surface area contributed by atoms with Crippen molar-refractivity contribution in [1.82, 2.24) is 9.88 Å².